The van der Waals surface area contributed by atoms with Crippen LogP contribution in [0.25, 0.3) is 0 Å². The van der Waals surface area contributed by atoms with E-state index in [2.05, 4.69) is 4.74 Å². The summed E-state index contributed by atoms with van der Waals surface area (Å²) in [7, 11) is 0. The van der Waals surface area contributed by atoms with E-state index in [1.807, 2.05) is 0 Å². The largest absolute Gasteiger partial charge is 0.458 e. The van der Waals surface area contributed by atoms with Crippen LogP contribution in [0.5, 0.6) is 0 Å². The van der Waals surface area contributed by atoms with Gasteiger partial charge >= 0.3 is 24.3 Å². The van der Waals surface area contributed by atoms with Crippen molar-refractivity contribution in [2.24, 2.45) is 22.7 Å². The second-order valence-electron chi connectivity index (χ2n) is 7.21. The highest BCUT2D eigenvalue weighted by atomic mass is 19.4. The van der Waals surface area contributed by atoms with Gasteiger partial charge in [0.1, 0.15) is 6.10 Å². The van der Waals surface area contributed by atoms with E-state index in [0.717, 1.165) is 0 Å². The average Bonchev–Trinajstić information content (AvgIpc) is 2.95. The van der Waals surface area contributed by atoms with Crippen LogP contribution in [-0.4, -0.2) is 47.7 Å². The van der Waals surface area contributed by atoms with Crippen LogP contribution in [0.15, 0.2) is 0 Å². The Morgan fingerprint density at radius 1 is 1.20 bits per heavy atom. The number of hydrogen-bond acceptors (Lipinski definition) is 5. The molecule has 0 aromatic rings. The number of aliphatic hydroxyl groups is 1. The molecule has 5 nitrogen and oxygen atoms in total. The summed E-state index contributed by atoms with van der Waals surface area (Å²) in [5, 5.41) is 10.1. The molecule has 3 fully saturated rings. The molecule has 11 heteroatoms. The van der Waals surface area contributed by atoms with Gasteiger partial charge in [0.15, 0.2) is 5.41 Å². The molecule has 3 rings (SSSR count). The summed E-state index contributed by atoms with van der Waals surface area (Å²) < 4.78 is 84.9. The molecule has 1 heterocycles. The lowest BCUT2D eigenvalue weighted by molar-refractivity contribution is -0.316. The van der Waals surface area contributed by atoms with Crippen LogP contribution < -0.4 is 0 Å². The summed E-state index contributed by atoms with van der Waals surface area (Å²) in [6, 6.07) is 0. The maximum absolute atomic E-state index is 12.7. The zero-order valence-electron chi connectivity index (χ0n) is 12.9. The zero-order chi connectivity index (χ0) is 19.2. The maximum Gasteiger partial charge on any atom is 0.434 e. The van der Waals surface area contributed by atoms with Gasteiger partial charge in [0, 0.05) is 5.92 Å². The molecule has 2 saturated carbocycles. The predicted molar refractivity (Wildman–Crippen MR) is 65.7 cm³/mol. The highest BCUT2D eigenvalue weighted by molar-refractivity contribution is 6.04. The molecule has 0 aromatic heterocycles. The van der Waals surface area contributed by atoms with E-state index in [0.29, 0.717) is 0 Å². The van der Waals surface area contributed by atoms with Crippen molar-refractivity contribution < 1.29 is 50.5 Å². The van der Waals surface area contributed by atoms with Gasteiger partial charge in [-0.05, 0) is 17.8 Å². The van der Waals surface area contributed by atoms with Gasteiger partial charge in [-0.15, -0.1) is 0 Å². The zero-order valence-corrected chi connectivity index (χ0v) is 12.9. The normalized spacial score (nSPS) is 39.0. The highest BCUT2D eigenvalue weighted by Crippen LogP contribution is 2.71. The Bertz CT molecular complexity index is 612. The quantitative estimate of drug-likeness (QED) is 0.453. The van der Waals surface area contributed by atoms with Gasteiger partial charge in [-0.3, -0.25) is 9.59 Å². The number of esters is 2. The topological polar surface area (TPSA) is 72.8 Å². The molecule has 1 aliphatic heterocycles. The van der Waals surface area contributed by atoms with Crippen molar-refractivity contribution in [3.8, 4) is 0 Å². The Morgan fingerprint density at radius 2 is 1.72 bits per heavy atom. The molecular weight excluding hydrogens is 362 g/mol. The Hall–Kier alpha value is -1.52. The van der Waals surface area contributed by atoms with Crippen molar-refractivity contribution in [3.05, 3.63) is 0 Å². The molecule has 1 saturated heterocycles. The van der Waals surface area contributed by atoms with Crippen molar-refractivity contribution in [1.82, 2.24) is 0 Å². The lowest BCUT2D eigenvalue weighted by Crippen LogP contribution is -2.58. The lowest BCUT2D eigenvalue weighted by Gasteiger charge is -2.43. The number of fused-ring (bicyclic) bond motifs is 1. The van der Waals surface area contributed by atoms with Crippen molar-refractivity contribution in [2.45, 2.75) is 50.9 Å². The number of hydrogen-bond donors (Lipinski definition) is 1. The standard InChI is InChI=1S/C14H14F6O5/c1-11(2)4-3-5-7(6(4)21)24-9(22)12(5,11)10(23)25-8(13(15,16)17)14(18,19)20/h4-8,21H,3H2,1-2H3. The number of halogens is 6. The molecular formula is C14H14F6O5. The molecule has 2 bridgehead atoms. The van der Waals surface area contributed by atoms with Crippen molar-refractivity contribution >= 4 is 11.9 Å². The number of carbonyl (C=O) groups excluding carboxylic acids is 2. The van der Waals surface area contributed by atoms with Gasteiger partial charge < -0.3 is 14.6 Å². The number of carbonyl (C=O) groups is 2. The minimum Gasteiger partial charge on any atom is -0.458 e. The van der Waals surface area contributed by atoms with Crippen LogP contribution in [-0.2, 0) is 19.1 Å². The Balaban J connectivity index is 2.01. The van der Waals surface area contributed by atoms with E-state index in [4.69, 9.17) is 4.74 Å². The fourth-order valence-corrected chi connectivity index (χ4v) is 4.73. The monoisotopic (exact) mass is 376 g/mol. The van der Waals surface area contributed by atoms with Crippen molar-refractivity contribution in [1.29, 1.82) is 0 Å². The first-order valence-electron chi connectivity index (χ1n) is 7.40. The SMILES string of the molecule is CC1(C)C2CC3C(OC(=O)C31C(=O)OC(C(F)(F)F)C(F)(F)F)C2O. The summed E-state index contributed by atoms with van der Waals surface area (Å²) in [6.07, 6.45) is -18.3. The fraction of sp³-hybridized carbons (Fsp3) is 0.857. The highest BCUT2D eigenvalue weighted by Gasteiger charge is 2.82. The lowest BCUT2D eigenvalue weighted by atomic mass is 9.57. The van der Waals surface area contributed by atoms with Crippen LogP contribution in [0.1, 0.15) is 20.3 Å². The summed E-state index contributed by atoms with van der Waals surface area (Å²) in [5.41, 5.74) is -3.71. The summed E-state index contributed by atoms with van der Waals surface area (Å²) in [6.45, 7) is 2.67. The van der Waals surface area contributed by atoms with E-state index in [9.17, 15) is 41.0 Å². The molecule has 25 heavy (non-hydrogen) atoms. The number of alkyl halides is 6. The first kappa shape index (κ1) is 18.3. The van der Waals surface area contributed by atoms with Crippen LogP contribution in [0.2, 0.25) is 0 Å². The van der Waals surface area contributed by atoms with Crippen LogP contribution >= 0.6 is 0 Å². The minimum absolute atomic E-state index is 0.0718. The van der Waals surface area contributed by atoms with Crippen LogP contribution in [0, 0.1) is 22.7 Å². The second-order valence-corrected chi connectivity index (χ2v) is 7.21. The van der Waals surface area contributed by atoms with Gasteiger partial charge in [-0.25, -0.2) is 0 Å². The van der Waals surface area contributed by atoms with Gasteiger partial charge in [-0.2, -0.15) is 26.3 Å². The Kier molecular flexibility index (Phi) is 3.51. The van der Waals surface area contributed by atoms with Crippen molar-refractivity contribution in [2.75, 3.05) is 0 Å². The minimum atomic E-state index is -5.88. The summed E-state index contributed by atoms with van der Waals surface area (Å²) in [5.74, 6) is -4.87. The summed E-state index contributed by atoms with van der Waals surface area (Å²) in [4.78, 5) is 24.7. The molecule has 2 aliphatic carbocycles. The van der Waals surface area contributed by atoms with E-state index >= 15 is 0 Å². The maximum atomic E-state index is 12.7. The van der Waals surface area contributed by atoms with E-state index in [-0.39, 0.29) is 6.42 Å². The molecule has 0 aromatic carbocycles. The van der Waals surface area contributed by atoms with Gasteiger partial charge in [0.2, 0.25) is 0 Å². The smallest absolute Gasteiger partial charge is 0.434 e. The van der Waals surface area contributed by atoms with Crippen LogP contribution in [0.3, 0.4) is 0 Å². The molecule has 142 valence electrons. The molecule has 0 amide bonds. The van der Waals surface area contributed by atoms with Gasteiger partial charge in [0.25, 0.3) is 6.10 Å². The third-order valence-corrected chi connectivity index (χ3v) is 5.86. The molecule has 5 atom stereocenters. The van der Waals surface area contributed by atoms with E-state index in [1.165, 1.54) is 13.8 Å². The van der Waals surface area contributed by atoms with Gasteiger partial charge in [-0.1, -0.05) is 13.8 Å². The number of ether oxygens (including phenoxy) is 2. The first-order valence-corrected chi connectivity index (χ1v) is 7.40. The molecule has 1 N–H and O–H groups in total. The molecule has 5 unspecified atom stereocenters. The van der Waals surface area contributed by atoms with E-state index in [1.54, 1.807) is 0 Å². The number of aliphatic hydroxyl groups excluding tert-OH is 1. The second kappa shape index (κ2) is 4.80. The third kappa shape index (κ3) is 2.07. The average molecular weight is 376 g/mol. The van der Waals surface area contributed by atoms with Gasteiger partial charge in [0.05, 0.1) is 6.10 Å². The Morgan fingerprint density at radius 3 is 2.16 bits per heavy atom. The number of rotatable bonds is 2. The Labute approximate surface area is 137 Å². The fourth-order valence-electron chi connectivity index (χ4n) is 4.73. The molecule has 3 aliphatic rings. The molecule has 0 radical (unpaired) electrons. The third-order valence-electron chi connectivity index (χ3n) is 5.86. The van der Waals surface area contributed by atoms with Crippen LogP contribution in [0.4, 0.5) is 26.3 Å². The molecule has 0 spiro atoms. The van der Waals surface area contributed by atoms with Crippen molar-refractivity contribution in [3.63, 3.8) is 0 Å². The predicted octanol–water partition coefficient (Wildman–Crippen LogP) is 1.97. The summed E-state index contributed by atoms with van der Waals surface area (Å²) >= 11 is 0. The van der Waals surface area contributed by atoms with E-state index < -0.39 is 65.3 Å². The first-order chi connectivity index (χ1) is 11.2.